The number of nitro groups is 1. The highest BCUT2D eigenvalue weighted by molar-refractivity contribution is 8.18. The lowest BCUT2D eigenvalue weighted by atomic mass is 10.2. The van der Waals surface area contributed by atoms with Crippen molar-refractivity contribution in [2.24, 2.45) is 0 Å². The van der Waals surface area contributed by atoms with Gasteiger partial charge in [-0.3, -0.25) is 24.6 Å². The maximum Gasteiger partial charge on any atom is 0.293 e. The summed E-state index contributed by atoms with van der Waals surface area (Å²) in [6.07, 6.45) is 1.54. The van der Waals surface area contributed by atoms with Crippen LogP contribution in [0.25, 0.3) is 6.08 Å². The van der Waals surface area contributed by atoms with Gasteiger partial charge in [0, 0.05) is 22.2 Å². The van der Waals surface area contributed by atoms with Crippen LogP contribution in [0.4, 0.5) is 10.5 Å². The van der Waals surface area contributed by atoms with Crippen LogP contribution in [0.2, 0.25) is 10.0 Å². The topological polar surface area (TPSA) is 80.5 Å². The van der Waals surface area contributed by atoms with Gasteiger partial charge in [-0.1, -0.05) is 41.4 Å². The molecule has 0 aliphatic carbocycles. The number of amides is 2. The van der Waals surface area contributed by atoms with Crippen molar-refractivity contribution >= 4 is 57.9 Å². The number of benzene rings is 2. The highest BCUT2D eigenvalue weighted by atomic mass is 35.5. The SMILES string of the molecule is O=C1S/C(=C/c2ccc(Cl)cc2Cl)C(=O)N1Cc1ccc([N+](=O)[O-])cc1. The number of imide groups is 1. The first-order valence-corrected chi connectivity index (χ1v) is 8.86. The van der Waals surface area contributed by atoms with Crippen molar-refractivity contribution in [1.29, 1.82) is 0 Å². The van der Waals surface area contributed by atoms with Crippen LogP contribution in [0.5, 0.6) is 0 Å². The number of halogens is 2. The molecule has 2 amide bonds. The highest BCUT2D eigenvalue weighted by Crippen LogP contribution is 2.35. The van der Waals surface area contributed by atoms with Crippen molar-refractivity contribution in [1.82, 2.24) is 4.90 Å². The first-order valence-electron chi connectivity index (χ1n) is 7.29. The number of nitrogens with zero attached hydrogens (tertiary/aromatic N) is 2. The van der Waals surface area contributed by atoms with Crippen molar-refractivity contribution < 1.29 is 14.5 Å². The number of rotatable bonds is 4. The van der Waals surface area contributed by atoms with Gasteiger partial charge in [-0.25, -0.2) is 0 Å². The van der Waals surface area contributed by atoms with Gasteiger partial charge in [0.15, 0.2) is 0 Å². The molecule has 0 saturated carbocycles. The molecule has 0 aromatic heterocycles. The van der Waals surface area contributed by atoms with Crippen molar-refractivity contribution in [2.75, 3.05) is 0 Å². The maximum absolute atomic E-state index is 12.5. The monoisotopic (exact) mass is 408 g/mol. The van der Waals surface area contributed by atoms with Crippen LogP contribution in [0.15, 0.2) is 47.4 Å². The normalized spacial score (nSPS) is 15.8. The van der Waals surface area contributed by atoms with E-state index >= 15 is 0 Å². The molecule has 6 nitrogen and oxygen atoms in total. The molecule has 2 aromatic rings. The lowest BCUT2D eigenvalue weighted by Gasteiger charge is -2.12. The fourth-order valence-electron chi connectivity index (χ4n) is 2.30. The molecule has 2 aromatic carbocycles. The van der Waals surface area contributed by atoms with Crippen LogP contribution in [0.1, 0.15) is 11.1 Å². The lowest BCUT2D eigenvalue weighted by Crippen LogP contribution is -2.27. The fraction of sp³-hybridized carbons (Fsp3) is 0.0588. The molecule has 26 heavy (non-hydrogen) atoms. The van der Waals surface area contributed by atoms with Crippen molar-refractivity contribution in [2.45, 2.75) is 6.54 Å². The molecule has 0 unspecified atom stereocenters. The molecular weight excluding hydrogens is 399 g/mol. The van der Waals surface area contributed by atoms with E-state index in [-0.39, 0.29) is 17.1 Å². The molecule has 1 heterocycles. The van der Waals surface area contributed by atoms with Gasteiger partial charge in [-0.2, -0.15) is 0 Å². The number of hydrogen-bond donors (Lipinski definition) is 0. The Balaban J connectivity index is 1.80. The number of carbonyl (C=O) groups is 2. The third-order valence-electron chi connectivity index (χ3n) is 3.61. The van der Waals surface area contributed by atoms with Gasteiger partial charge in [0.25, 0.3) is 16.8 Å². The Morgan fingerprint density at radius 3 is 2.42 bits per heavy atom. The van der Waals surface area contributed by atoms with E-state index in [2.05, 4.69) is 0 Å². The zero-order valence-electron chi connectivity index (χ0n) is 13.0. The number of thioether (sulfide) groups is 1. The summed E-state index contributed by atoms with van der Waals surface area (Å²) in [5.41, 5.74) is 1.14. The molecule has 0 N–H and O–H groups in total. The van der Waals surface area contributed by atoms with E-state index in [1.54, 1.807) is 24.3 Å². The van der Waals surface area contributed by atoms with Gasteiger partial charge >= 0.3 is 0 Å². The minimum absolute atomic E-state index is 0.0361. The predicted octanol–water partition coefficient (Wildman–Crippen LogP) is 5.14. The fourth-order valence-corrected chi connectivity index (χ4v) is 3.59. The van der Waals surface area contributed by atoms with Gasteiger partial charge in [-0.15, -0.1) is 0 Å². The average molecular weight is 409 g/mol. The molecule has 1 aliphatic heterocycles. The molecule has 0 spiro atoms. The molecule has 1 fully saturated rings. The number of hydrogen-bond acceptors (Lipinski definition) is 5. The highest BCUT2D eigenvalue weighted by Gasteiger charge is 2.35. The van der Waals surface area contributed by atoms with Gasteiger partial charge in [0.2, 0.25) is 0 Å². The third kappa shape index (κ3) is 3.90. The number of carbonyl (C=O) groups excluding carboxylic acids is 2. The van der Waals surface area contributed by atoms with E-state index in [0.717, 1.165) is 16.7 Å². The summed E-state index contributed by atoms with van der Waals surface area (Å²) in [6.45, 7) is 0.0361. The van der Waals surface area contributed by atoms with Crippen LogP contribution < -0.4 is 0 Å². The first kappa shape index (κ1) is 18.4. The number of nitro benzene ring substituents is 1. The summed E-state index contributed by atoms with van der Waals surface area (Å²) in [6, 6.07) is 10.5. The molecule has 1 saturated heterocycles. The van der Waals surface area contributed by atoms with Crippen LogP contribution in [0, 0.1) is 10.1 Å². The average Bonchev–Trinajstić information content (AvgIpc) is 2.85. The smallest absolute Gasteiger partial charge is 0.268 e. The van der Waals surface area contributed by atoms with Crippen LogP contribution in [-0.4, -0.2) is 21.0 Å². The molecular formula is C17H10Cl2N2O4S. The van der Waals surface area contributed by atoms with Gasteiger partial charge in [-0.05, 0) is 41.1 Å². The quantitative estimate of drug-likeness (QED) is 0.397. The van der Waals surface area contributed by atoms with Crippen molar-refractivity contribution in [3.8, 4) is 0 Å². The first-order chi connectivity index (χ1) is 12.3. The Labute approximate surface area is 162 Å². The second-order valence-electron chi connectivity index (χ2n) is 5.36. The molecule has 3 rings (SSSR count). The van der Waals surface area contributed by atoms with E-state index in [1.165, 1.54) is 24.3 Å². The predicted molar refractivity (Wildman–Crippen MR) is 101 cm³/mol. The summed E-state index contributed by atoms with van der Waals surface area (Å²) in [4.78, 5) is 36.2. The Hall–Kier alpha value is -2.35. The Morgan fingerprint density at radius 1 is 1.12 bits per heavy atom. The molecule has 0 radical (unpaired) electrons. The summed E-state index contributed by atoms with van der Waals surface area (Å²) >= 11 is 12.8. The minimum atomic E-state index is -0.511. The molecule has 0 atom stereocenters. The molecule has 0 bridgehead atoms. The second kappa shape index (κ2) is 7.49. The summed E-state index contributed by atoms with van der Waals surface area (Å²) < 4.78 is 0. The minimum Gasteiger partial charge on any atom is -0.268 e. The van der Waals surface area contributed by atoms with Crippen molar-refractivity contribution in [3.63, 3.8) is 0 Å². The summed E-state index contributed by atoms with van der Waals surface area (Å²) in [5.74, 6) is -0.440. The zero-order valence-corrected chi connectivity index (χ0v) is 15.3. The van der Waals surface area contributed by atoms with Crippen LogP contribution in [-0.2, 0) is 11.3 Å². The van der Waals surface area contributed by atoms with E-state index in [4.69, 9.17) is 23.2 Å². The molecule has 1 aliphatic rings. The zero-order chi connectivity index (χ0) is 18.8. The van der Waals surface area contributed by atoms with Crippen molar-refractivity contribution in [3.05, 3.63) is 78.7 Å². The molecule has 9 heteroatoms. The summed E-state index contributed by atoms with van der Waals surface area (Å²) in [7, 11) is 0. The van der Waals surface area contributed by atoms with E-state index in [1.807, 2.05) is 0 Å². The van der Waals surface area contributed by atoms with Crippen LogP contribution >= 0.6 is 35.0 Å². The molecule has 132 valence electrons. The summed E-state index contributed by atoms with van der Waals surface area (Å²) in [5, 5.41) is 11.1. The van der Waals surface area contributed by atoms with Gasteiger partial charge < -0.3 is 0 Å². The maximum atomic E-state index is 12.5. The van der Waals surface area contributed by atoms with E-state index < -0.39 is 16.1 Å². The second-order valence-corrected chi connectivity index (χ2v) is 7.19. The van der Waals surface area contributed by atoms with Crippen LogP contribution in [0.3, 0.4) is 0 Å². The number of non-ortho nitro benzene ring substituents is 1. The third-order valence-corrected chi connectivity index (χ3v) is 5.08. The Kier molecular flexibility index (Phi) is 5.31. The van der Waals surface area contributed by atoms with Gasteiger partial charge in [0.05, 0.1) is 16.4 Å². The Bertz CT molecular complexity index is 944. The van der Waals surface area contributed by atoms with E-state index in [9.17, 15) is 19.7 Å². The Morgan fingerprint density at radius 2 is 1.81 bits per heavy atom. The van der Waals surface area contributed by atoms with Gasteiger partial charge in [0.1, 0.15) is 0 Å². The van der Waals surface area contributed by atoms with E-state index in [0.29, 0.717) is 21.2 Å². The lowest BCUT2D eigenvalue weighted by molar-refractivity contribution is -0.384. The standard InChI is InChI=1S/C17H10Cl2N2O4S/c18-12-4-3-11(14(19)8-12)7-15-16(22)20(17(23)26-15)9-10-1-5-13(6-2-10)21(24)25/h1-8H,9H2/b15-7+. The largest absolute Gasteiger partial charge is 0.293 e.